The number of benzene rings is 1. The summed E-state index contributed by atoms with van der Waals surface area (Å²) < 4.78 is 26.5. The molecule has 0 aromatic heterocycles. The zero-order valence-corrected chi connectivity index (χ0v) is 11.1. The molecular weight excluding hydrogens is 252 g/mol. The van der Waals surface area contributed by atoms with E-state index in [0.29, 0.717) is 12.2 Å². The van der Waals surface area contributed by atoms with E-state index in [4.69, 9.17) is 0 Å². The Hall–Kier alpha value is -1.11. The van der Waals surface area contributed by atoms with Gasteiger partial charge in [-0.15, -0.1) is 0 Å². The average molecular weight is 270 g/mol. The Bertz CT molecular complexity index is 524. The van der Waals surface area contributed by atoms with E-state index in [1.807, 2.05) is 0 Å². The monoisotopic (exact) mass is 270 g/mol. The Balaban J connectivity index is 2.31. The van der Waals surface area contributed by atoms with Gasteiger partial charge in [-0.2, -0.15) is 0 Å². The van der Waals surface area contributed by atoms with Crippen LogP contribution in [0.15, 0.2) is 29.2 Å². The molecule has 1 aliphatic carbocycles. The number of aliphatic hydroxyl groups is 1. The highest BCUT2D eigenvalue weighted by atomic mass is 32.2. The van der Waals surface area contributed by atoms with Gasteiger partial charge < -0.3 is 10.4 Å². The van der Waals surface area contributed by atoms with Crippen LogP contribution in [0.1, 0.15) is 19.8 Å². The summed E-state index contributed by atoms with van der Waals surface area (Å²) in [4.78, 5) is 0.228. The van der Waals surface area contributed by atoms with Gasteiger partial charge in [-0.05, 0) is 25.0 Å². The van der Waals surface area contributed by atoms with Crippen molar-refractivity contribution in [1.29, 1.82) is 0 Å². The van der Waals surface area contributed by atoms with Crippen molar-refractivity contribution in [3.05, 3.63) is 24.3 Å². The van der Waals surface area contributed by atoms with Gasteiger partial charge in [0.1, 0.15) is 4.90 Å². The molecular formula is C12H18N2O3S. The Morgan fingerprint density at radius 1 is 1.33 bits per heavy atom. The maximum atomic E-state index is 12.0. The summed E-state index contributed by atoms with van der Waals surface area (Å²) in [7, 11) is -3.49. The molecule has 1 aromatic rings. The topological polar surface area (TPSA) is 78.4 Å². The van der Waals surface area contributed by atoms with E-state index in [9.17, 15) is 13.5 Å². The van der Waals surface area contributed by atoms with Crippen LogP contribution in [0.3, 0.4) is 0 Å². The van der Waals surface area contributed by atoms with E-state index in [1.165, 1.54) is 0 Å². The normalized spacial score (nSPS) is 17.4. The van der Waals surface area contributed by atoms with Crippen LogP contribution in [0.25, 0.3) is 0 Å². The molecule has 5 nitrogen and oxygen atoms in total. The lowest BCUT2D eigenvalue weighted by Gasteiger charge is -2.18. The number of hydrogen-bond donors (Lipinski definition) is 3. The number of sulfonamides is 1. The third-order valence-corrected chi connectivity index (χ3v) is 4.67. The van der Waals surface area contributed by atoms with Crippen molar-refractivity contribution in [1.82, 2.24) is 4.72 Å². The van der Waals surface area contributed by atoms with Crippen LogP contribution in [-0.4, -0.2) is 32.2 Å². The predicted octanol–water partition coefficient (Wildman–Crippen LogP) is 0.922. The van der Waals surface area contributed by atoms with Gasteiger partial charge in [0.15, 0.2) is 0 Å². The minimum Gasteiger partial charge on any atom is -0.394 e. The van der Waals surface area contributed by atoms with Crippen molar-refractivity contribution in [3.63, 3.8) is 0 Å². The van der Waals surface area contributed by atoms with Gasteiger partial charge in [0, 0.05) is 6.54 Å². The van der Waals surface area contributed by atoms with E-state index >= 15 is 0 Å². The van der Waals surface area contributed by atoms with Crippen LogP contribution in [-0.2, 0) is 10.0 Å². The molecule has 3 N–H and O–H groups in total. The van der Waals surface area contributed by atoms with Gasteiger partial charge in [0.05, 0.1) is 17.8 Å². The van der Waals surface area contributed by atoms with Crippen molar-refractivity contribution in [2.45, 2.75) is 30.2 Å². The molecule has 0 unspecified atom stereocenters. The first-order valence-electron chi connectivity index (χ1n) is 6.01. The Kier molecular flexibility index (Phi) is 3.61. The van der Waals surface area contributed by atoms with Crippen LogP contribution in [0.2, 0.25) is 0 Å². The number of nitrogens with one attached hydrogen (secondary N) is 2. The third-order valence-electron chi connectivity index (χ3n) is 3.07. The van der Waals surface area contributed by atoms with Gasteiger partial charge >= 0.3 is 0 Å². The number of rotatable bonds is 6. The number of anilines is 1. The van der Waals surface area contributed by atoms with Crippen molar-refractivity contribution in [2.24, 2.45) is 0 Å². The fourth-order valence-electron chi connectivity index (χ4n) is 1.83. The molecule has 0 radical (unpaired) electrons. The number of para-hydroxylation sites is 1. The number of hydrogen-bond acceptors (Lipinski definition) is 4. The maximum absolute atomic E-state index is 12.0. The summed E-state index contributed by atoms with van der Waals surface area (Å²) >= 11 is 0. The van der Waals surface area contributed by atoms with Crippen LogP contribution in [0, 0.1) is 0 Å². The number of aliphatic hydroxyl groups excluding tert-OH is 1. The molecule has 2 rings (SSSR count). The first-order chi connectivity index (χ1) is 8.53. The van der Waals surface area contributed by atoms with E-state index in [2.05, 4.69) is 10.0 Å². The Morgan fingerprint density at radius 3 is 2.56 bits per heavy atom. The van der Waals surface area contributed by atoms with Crippen molar-refractivity contribution >= 4 is 15.7 Å². The fraction of sp³-hybridized carbons (Fsp3) is 0.500. The fourth-order valence-corrected chi connectivity index (χ4v) is 3.03. The lowest BCUT2D eigenvalue weighted by molar-refractivity contribution is 0.266. The van der Waals surface area contributed by atoms with Crippen LogP contribution in [0.4, 0.5) is 5.69 Å². The molecule has 6 heteroatoms. The smallest absolute Gasteiger partial charge is 0.242 e. The van der Waals surface area contributed by atoms with Gasteiger partial charge in [-0.25, -0.2) is 13.1 Å². The first kappa shape index (κ1) is 13.3. The summed E-state index contributed by atoms with van der Waals surface area (Å²) in [5.74, 6) is 0. The largest absolute Gasteiger partial charge is 0.394 e. The summed E-state index contributed by atoms with van der Waals surface area (Å²) in [5.41, 5.74) is 0.211. The van der Waals surface area contributed by atoms with Crippen LogP contribution in [0.5, 0.6) is 0 Å². The molecule has 0 spiro atoms. The Labute approximate surface area is 107 Å². The molecule has 0 aliphatic heterocycles. The minimum absolute atomic E-state index is 0.0165. The van der Waals surface area contributed by atoms with E-state index in [1.54, 1.807) is 31.2 Å². The standard InChI is InChI=1S/C12H18N2O3S/c1-2-13-18(16,17)11-6-4-3-5-10(11)14-12(9-15)7-8-12/h3-6,13-15H,2,7-9H2,1H3. The summed E-state index contributed by atoms with van der Waals surface area (Å²) in [6.07, 6.45) is 1.72. The molecule has 0 bridgehead atoms. The summed E-state index contributed by atoms with van der Waals surface area (Å²) in [5, 5.41) is 12.4. The second-order valence-corrected chi connectivity index (χ2v) is 6.30. The zero-order valence-electron chi connectivity index (χ0n) is 10.3. The van der Waals surface area contributed by atoms with Crippen molar-refractivity contribution in [3.8, 4) is 0 Å². The molecule has 0 heterocycles. The van der Waals surface area contributed by atoms with Gasteiger partial charge in [0.25, 0.3) is 0 Å². The molecule has 1 fully saturated rings. The van der Waals surface area contributed by atoms with Gasteiger partial charge in [0.2, 0.25) is 10.0 Å². The van der Waals surface area contributed by atoms with Crippen LogP contribution >= 0.6 is 0 Å². The van der Waals surface area contributed by atoms with Crippen molar-refractivity contribution in [2.75, 3.05) is 18.5 Å². The molecule has 1 aliphatic rings. The maximum Gasteiger partial charge on any atom is 0.242 e. The van der Waals surface area contributed by atoms with Crippen LogP contribution < -0.4 is 10.0 Å². The van der Waals surface area contributed by atoms with E-state index in [-0.39, 0.29) is 17.0 Å². The van der Waals surface area contributed by atoms with Gasteiger partial charge in [-0.3, -0.25) is 0 Å². The molecule has 1 aromatic carbocycles. The SMILES string of the molecule is CCNS(=O)(=O)c1ccccc1NC1(CO)CC1. The first-order valence-corrected chi connectivity index (χ1v) is 7.49. The molecule has 0 amide bonds. The van der Waals surface area contributed by atoms with Gasteiger partial charge in [-0.1, -0.05) is 19.1 Å². The minimum atomic E-state index is -3.49. The second-order valence-electron chi connectivity index (χ2n) is 4.56. The lowest BCUT2D eigenvalue weighted by Crippen LogP contribution is -2.29. The molecule has 0 saturated heterocycles. The second kappa shape index (κ2) is 4.87. The highest BCUT2D eigenvalue weighted by Crippen LogP contribution is 2.39. The molecule has 1 saturated carbocycles. The zero-order chi connectivity index (χ0) is 13.2. The average Bonchev–Trinajstić information content (AvgIpc) is 3.10. The highest BCUT2D eigenvalue weighted by molar-refractivity contribution is 7.89. The molecule has 100 valence electrons. The van der Waals surface area contributed by atoms with Crippen molar-refractivity contribution < 1.29 is 13.5 Å². The predicted molar refractivity (Wildman–Crippen MR) is 70.0 cm³/mol. The van der Waals surface area contributed by atoms with E-state index < -0.39 is 10.0 Å². The lowest BCUT2D eigenvalue weighted by atomic mass is 10.2. The summed E-state index contributed by atoms with van der Waals surface area (Å²) in [6.45, 7) is 2.11. The summed E-state index contributed by atoms with van der Waals surface area (Å²) in [6, 6.07) is 6.75. The molecule has 0 atom stereocenters. The Morgan fingerprint density at radius 2 is 2.00 bits per heavy atom. The molecule has 18 heavy (non-hydrogen) atoms. The highest BCUT2D eigenvalue weighted by Gasteiger charge is 2.42. The van der Waals surface area contributed by atoms with E-state index in [0.717, 1.165) is 12.8 Å². The third kappa shape index (κ3) is 2.66. The quantitative estimate of drug-likeness (QED) is 0.718.